The zero-order valence-electron chi connectivity index (χ0n) is 18.9. The molecule has 1 aromatic heterocycles. The minimum absolute atomic E-state index is 0.152. The summed E-state index contributed by atoms with van der Waals surface area (Å²) in [5, 5.41) is 13.6. The van der Waals surface area contributed by atoms with Crippen molar-refractivity contribution < 1.29 is 14.3 Å². The van der Waals surface area contributed by atoms with Gasteiger partial charge in [-0.15, -0.1) is 0 Å². The number of nitrogens with zero attached hydrogens (tertiary/aromatic N) is 5. The van der Waals surface area contributed by atoms with Gasteiger partial charge in [0.25, 0.3) is 0 Å². The summed E-state index contributed by atoms with van der Waals surface area (Å²) in [5.41, 5.74) is -0.134. The van der Waals surface area contributed by atoms with E-state index in [4.69, 9.17) is 16.6 Å². The van der Waals surface area contributed by atoms with Crippen molar-refractivity contribution >= 4 is 56.3 Å². The van der Waals surface area contributed by atoms with Crippen LogP contribution in [0.5, 0.6) is 0 Å². The highest BCUT2D eigenvalue weighted by Gasteiger charge is 2.39. The molecule has 0 radical (unpaired) electrons. The van der Waals surface area contributed by atoms with Crippen molar-refractivity contribution in [2.75, 3.05) is 57.0 Å². The number of carbonyl (C=O) groups is 1. The van der Waals surface area contributed by atoms with E-state index in [1.807, 2.05) is 44.7 Å². The molecule has 11 heteroatoms. The number of likely N-dealkylation sites (N-methyl/N-ethyl adjacent to an activating group) is 1. The second kappa shape index (κ2) is 9.52. The molecule has 1 amide bonds. The van der Waals surface area contributed by atoms with Crippen LogP contribution in [0.25, 0.3) is 10.9 Å². The van der Waals surface area contributed by atoms with Gasteiger partial charge in [-0.25, -0.2) is 14.2 Å². The Morgan fingerprint density at radius 1 is 1.38 bits per heavy atom. The molecular formula is C21H29BrClFN6O2. The average molecular weight is 532 g/mol. The van der Waals surface area contributed by atoms with E-state index in [9.17, 15) is 9.90 Å². The first kappa shape index (κ1) is 24.7. The van der Waals surface area contributed by atoms with Gasteiger partial charge in [0.05, 0.1) is 15.5 Å². The number of nitrogens with one attached hydrogen (secondary N) is 1. The lowest BCUT2D eigenvalue weighted by Gasteiger charge is -2.46. The molecule has 0 saturated carbocycles. The molecule has 176 valence electrons. The maximum absolute atomic E-state index is 15.1. The molecule has 2 N–H and O–H groups in total. The molecule has 32 heavy (non-hydrogen) atoms. The SMILES string of the molecule is CN(C)CCNc1nc(N2CCN(C(=O)O)C(C(C)(C)C)C2)c2cc(Cl)c(Br)c(F)c2n1. The van der Waals surface area contributed by atoms with Crippen LogP contribution in [-0.4, -0.2) is 83.8 Å². The Hall–Kier alpha value is -1.91. The van der Waals surface area contributed by atoms with E-state index >= 15 is 4.39 Å². The minimum atomic E-state index is -0.943. The molecule has 2 aromatic rings. The van der Waals surface area contributed by atoms with Crippen LogP contribution in [0.15, 0.2) is 10.5 Å². The van der Waals surface area contributed by atoms with Gasteiger partial charge in [0.15, 0.2) is 5.82 Å². The normalized spacial score (nSPS) is 17.3. The largest absolute Gasteiger partial charge is 0.465 e. The summed E-state index contributed by atoms with van der Waals surface area (Å²) in [6.45, 7) is 8.55. The Morgan fingerprint density at radius 3 is 2.66 bits per heavy atom. The molecule has 2 heterocycles. The monoisotopic (exact) mass is 530 g/mol. The number of hydrogen-bond acceptors (Lipinski definition) is 6. The summed E-state index contributed by atoms with van der Waals surface area (Å²) < 4.78 is 15.3. The van der Waals surface area contributed by atoms with Crippen molar-refractivity contribution in [3.63, 3.8) is 0 Å². The lowest BCUT2D eigenvalue weighted by Crippen LogP contribution is -2.59. The van der Waals surface area contributed by atoms with E-state index in [0.29, 0.717) is 43.3 Å². The highest BCUT2D eigenvalue weighted by atomic mass is 79.9. The van der Waals surface area contributed by atoms with Crippen molar-refractivity contribution in [3.8, 4) is 0 Å². The van der Waals surface area contributed by atoms with E-state index in [-0.39, 0.29) is 26.5 Å². The maximum atomic E-state index is 15.1. The molecule has 3 rings (SSSR count). The zero-order chi connectivity index (χ0) is 23.8. The number of halogens is 3. The van der Waals surface area contributed by atoms with Gasteiger partial charge in [-0.3, -0.25) is 0 Å². The quantitative estimate of drug-likeness (QED) is 0.554. The predicted octanol–water partition coefficient (Wildman–Crippen LogP) is 4.37. The first-order chi connectivity index (χ1) is 14.9. The number of piperazine rings is 1. The molecule has 1 aromatic carbocycles. The molecule has 0 bridgehead atoms. The molecular weight excluding hydrogens is 503 g/mol. The van der Waals surface area contributed by atoms with Crippen LogP contribution >= 0.6 is 27.5 Å². The second-order valence-corrected chi connectivity index (χ2v) is 10.5. The number of fused-ring (bicyclic) bond motifs is 1. The van der Waals surface area contributed by atoms with Crippen LogP contribution < -0.4 is 10.2 Å². The Morgan fingerprint density at radius 2 is 2.06 bits per heavy atom. The van der Waals surface area contributed by atoms with Crippen LogP contribution in [0.2, 0.25) is 5.02 Å². The first-order valence-electron chi connectivity index (χ1n) is 10.4. The highest BCUT2D eigenvalue weighted by Crippen LogP contribution is 2.37. The topological polar surface area (TPSA) is 84.8 Å². The maximum Gasteiger partial charge on any atom is 0.407 e. The molecule has 1 atom stereocenters. The van der Waals surface area contributed by atoms with Gasteiger partial charge < -0.3 is 25.1 Å². The summed E-state index contributed by atoms with van der Waals surface area (Å²) in [6.07, 6.45) is -0.943. The molecule has 1 aliphatic heterocycles. The minimum Gasteiger partial charge on any atom is -0.465 e. The van der Waals surface area contributed by atoms with Gasteiger partial charge >= 0.3 is 6.09 Å². The summed E-state index contributed by atoms with van der Waals surface area (Å²) in [4.78, 5) is 26.4. The third kappa shape index (κ3) is 5.18. The van der Waals surface area contributed by atoms with Crippen LogP contribution in [0.4, 0.5) is 21.0 Å². The summed E-state index contributed by atoms with van der Waals surface area (Å²) in [5.74, 6) is 0.300. The van der Waals surface area contributed by atoms with Crippen molar-refractivity contribution in [1.29, 1.82) is 0 Å². The van der Waals surface area contributed by atoms with Crippen molar-refractivity contribution in [1.82, 2.24) is 19.8 Å². The summed E-state index contributed by atoms with van der Waals surface area (Å²) >= 11 is 9.46. The van der Waals surface area contributed by atoms with Gasteiger partial charge in [0.1, 0.15) is 11.3 Å². The highest BCUT2D eigenvalue weighted by molar-refractivity contribution is 9.10. The Balaban J connectivity index is 2.08. The van der Waals surface area contributed by atoms with E-state index in [1.165, 1.54) is 4.90 Å². The standard InChI is InChI=1S/C21H29BrClFN6O2/c1-21(2,3)14-11-29(8-9-30(14)20(31)32)18-12-10-13(23)15(22)16(24)17(12)26-19(27-18)25-6-7-28(4)5/h10,14H,6-9,11H2,1-5H3,(H,31,32)(H,25,26,27). The van der Waals surface area contributed by atoms with Crippen molar-refractivity contribution in [3.05, 3.63) is 21.4 Å². The number of aromatic nitrogens is 2. The Kier molecular flexibility index (Phi) is 7.36. The second-order valence-electron chi connectivity index (χ2n) is 9.29. The number of amides is 1. The van der Waals surface area contributed by atoms with Crippen molar-refractivity contribution in [2.45, 2.75) is 26.8 Å². The molecule has 1 saturated heterocycles. The molecule has 1 unspecified atom stereocenters. The number of anilines is 2. The van der Waals surface area contributed by atoms with E-state index in [2.05, 4.69) is 26.2 Å². The number of rotatable bonds is 5. The summed E-state index contributed by atoms with van der Waals surface area (Å²) in [6, 6.07) is 1.39. The van der Waals surface area contributed by atoms with Gasteiger partial charge in [0, 0.05) is 38.1 Å². The number of benzene rings is 1. The lowest BCUT2D eigenvalue weighted by molar-refractivity contribution is 0.0747. The van der Waals surface area contributed by atoms with Crippen LogP contribution in [-0.2, 0) is 0 Å². The molecule has 1 fully saturated rings. The lowest BCUT2D eigenvalue weighted by atomic mass is 9.84. The van der Waals surface area contributed by atoms with Crippen LogP contribution in [0, 0.1) is 11.2 Å². The molecule has 1 aliphatic rings. The number of hydrogen-bond donors (Lipinski definition) is 2. The molecule has 0 aliphatic carbocycles. The van der Waals surface area contributed by atoms with Crippen LogP contribution in [0.1, 0.15) is 20.8 Å². The van der Waals surface area contributed by atoms with Gasteiger partial charge in [0.2, 0.25) is 5.95 Å². The summed E-state index contributed by atoms with van der Waals surface area (Å²) in [7, 11) is 3.92. The van der Waals surface area contributed by atoms with E-state index < -0.39 is 11.9 Å². The third-order valence-corrected chi connectivity index (χ3v) is 6.88. The smallest absolute Gasteiger partial charge is 0.407 e. The van der Waals surface area contributed by atoms with E-state index in [0.717, 1.165) is 6.54 Å². The van der Waals surface area contributed by atoms with Gasteiger partial charge in [-0.1, -0.05) is 32.4 Å². The fourth-order valence-corrected chi connectivity index (χ4v) is 4.31. The first-order valence-corrected chi connectivity index (χ1v) is 11.6. The molecule has 8 nitrogen and oxygen atoms in total. The van der Waals surface area contributed by atoms with Crippen molar-refractivity contribution in [2.24, 2.45) is 5.41 Å². The Bertz CT molecular complexity index is 1020. The average Bonchev–Trinajstić information content (AvgIpc) is 2.70. The van der Waals surface area contributed by atoms with Crippen LogP contribution in [0.3, 0.4) is 0 Å². The molecule has 0 spiro atoms. The third-order valence-electron chi connectivity index (χ3n) is 5.57. The fourth-order valence-electron chi connectivity index (χ4n) is 3.81. The number of carboxylic acid groups (broad SMARTS) is 1. The zero-order valence-corrected chi connectivity index (χ0v) is 21.3. The fraction of sp³-hybridized carbons (Fsp3) is 0.571. The van der Waals surface area contributed by atoms with E-state index in [1.54, 1.807) is 6.07 Å². The van der Waals surface area contributed by atoms with Gasteiger partial charge in [-0.2, -0.15) is 4.98 Å². The Labute approximate surface area is 200 Å². The predicted molar refractivity (Wildman–Crippen MR) is 129 cm³/mol. The van der Waals surface area contributed by atoms with Gasteiger partial charge in [-0.05, 0) is 41.5 Å².